The Hall–Kier alpha value is -1.68. The van der Waals surface area contributed by atoms with Crippen LogP contribution < -0.4 is 0 Å². The predicted molar refractivity (Wildman–Crippen MR) is 81.3 cm³/mol. The molecular formula is C16H15BrN2O. The van der Waals surface area contributed by atoms with Crippen molar-refractivity contribution in [3.8, 4) is 0 Å². The van der Waals surface area contributed by atoms with Crippen LogP contribution in [0.4, 0.5) is 0 Å². The molecule has 0 saturated heterocycles. The summed E-state index contributed by atoms with van der Waals surface area (Å²) in [5, 5.41) is 0. The highest BCUT2D eigenvalue weighted by Gasteiger charge is 2.33. The molecule has 20 heavy (non-hydrogen) atoms. The van der Waals surface area contributed by atoms with E-state index in [4.69, 9.17) is 0 Å². The zero-order valence-electron chi connectivity index (χ0n) is 11.0. The van der Waals surface area contributed by atoms with Crippen molar-refractivity contribution in [2.24, 2.45) is 0 Å². The lowest BCUT2D eigenvalue weighted by Crippen LogP contribution is -2.32. The lowest BCUT2D eigenvalue weighted by molar-refractivity contribution is 0.0729. The minimum atomic E-state index is 0.0828. The molecule has 1 fully saturated rings. The first-order valence-electron chi connectivity index (χ1n) is 6.70. The fraction of sp³-hybridized carbons (Fsp3) is 0.250. The fourth-order valence-corrected chi connectivity index (χ4v) is 2.60. The smallest absolute Gasteiger partial charge is 0.254 e. The average Bonchev–Trinajstić information content (AvgIpc) is 3.30. The van der Waals surface area contributed by atoms with Crippen LogP contribution in [-0.4, -0.2) is 21.8 Å². The first-order valence-corrected chi connectivity index (χ1v) is 7.50. The molecule has 1 aliphatic rings. The van der Waals surface area contributed by atoms with E-state index in [-0.39, 0.29) is 5.91 Å². The van der Waals surface area contributed by atoms with Crippen LogP contribution in [0.15, 0.2) is 53.3 Å². The number of amides is 1. The van der Waals surface area contributed by atoms with E-state index in [1.165, 1.54) is 5.56 Å². The van der Waals surface area contributed by atoms with Gasteiger partial charge in [0.15, 0.2) is 0 Å². The fourth-order valence-electron chi connectivity index (χ4n) is 2.23. The minimum absolute atomic E-state index is 0.0828. The maximum atomic E-state index is 12.7. The second-order valence-corrected chi connectivity index (χ2v) is 5.83. The number of nitrogens with zero attached hydrogens (tertiary/aromatic N) is 2. The molecule has 0 unspecified atom stereocenters. The number of halogens is 1. The molecule has 1 saturated carbocycles. The normalized spacial score (nSPS) is 14.1. The van der Waals surface area contributed by atoms with Crippen LogP contribution in [0.2, 0.25) is 0 Å². The van der Waals surface area contributed by atoms with Crippen molar-refractivity contribution >= 4 is 21.8 Å². The molecule has 2 aromatic rings. The molecule has 102 valence electrons. The molecule has 0 aliphatic heterocycles. The van der Waals surface area contributed by atoms with Crippen molar-refractivity contribution in [1.29, 1.82) is 0 Å². The molecule has 0 bridgehead atoms. The topological polar surface area (TPSA) is 33.2 Å². The summed E-state index contributed by atoms with van der Waals surface area (Å²) < 4.78 is 0.693. The van der Waals surface area contributed by atoms with E-state index in [9.17, 15) is 4.79 Å². The highest BCUT2D eigenvalue weighted by molar-refractivity contribution is 9.10. The van der Waals surface area contributed by atoms with Crippen molar-refractivity contribution in [1.82, 2.24) is 9.88 Å². The summed E-state index contributed by atoms with van der Waals surface area (Å²) in [5.41, 5.74) is 1.86. The van der Waals surface area contributed by atoms with Gasteiger partial charge in [-0.25, -0.2) is 4.98 Å². The van der Waals surface area contributed by atoms with Gasteiger partial charge in [-0.3, -0.25) is 4.79 Å². The number of carbonyl (C=O) groups excluding carboxylic acids is 1. The van der Waals surface area contributed by atoms with Gasteiger partial charge >= 0.3 is 0 Å². The lowest BCUT2D eigenvalue weighted by atomic mass is 10.2. The Labute approximate surface area is 126 Å². The summed E-state index contributed by atoms with van der Waals surface area (Å²) in [5.74, 6) is 0.0828. The van der Waals surface area contributed by atoms with Gasteiger partial charge in [-0.1, -0.05) is 30.3 Å². The van der Waals surface area contributed by atoms with E-state index in [0.29, 0.717) is 22.8 Å². The maximum absolute atomic E-state index is 12.7. The molecule has 1 aromatic carbocycles. The number of carbonyl (C=O) groups is 1. The van der Waals surface area contributed by atoms with Gasteiger partial charge in [0.2, 0.25) is 0 Å². The van der Waals surface area contributed by atoms with Gasteiger partial charge in [-0.05, 0) is 46.5 Å². The van der Waals surface area contributed by atoms with Gasteiger partial charge in [-0.2, -0.15) is 0 Å². The van der Waals surface area contributed by atoms with Crippen LogP contribution in [0.5, 0.6) is 0 Å². The van der Waals surface area contributed by atoms with Crippen LogP contribution in [0.1, 0.15) is 28.8 Å². The summed E-state index contributed by atoms with van der Waals surface area (Å²) in [6, 6.07) is 14.1. The molecule has 0 spiro atoms. The van der Waals surface area contributed by atoms with E-state index in [2.05, 4.69) is 33.0 Å². The minimum Gasteiger partial charge on any atom is -0.331 e. The average molecular weight is 331 g/mol. The van der Waals surface area contributed by atoms with Crippen LogP contribution in [-0.2, 0) is 6.54 Å². The zero-order valence-corrected chi connectivity index (χ0v) is 12.6. The summed E-state index contributed by atoms with van der Waals surface area (Å²) >= 11 is 3.32. The molecule has 0 atom stereocenters. The molecule has 3 nitrogen and oxygen atoms in total. The molecule has 1 amide bonds. The van der Waals surface area contributed by atoms with Gasteiger partial charge in [0, 0.05) is 24.3 Å². The Morgan fingerprint density at radius 2 is 2.00 bits per heavy atom. The van der Waals surface area contributed by atoms with Crippen molar-refractivity contribution < 1.29 is 4.79 Å². The summed E-state index contributed by atoms with van der Waals surface area (Å²) in [6.45, 7) is 0.671. The Morgan fingerprint density at radius 3 is 2.65 bits per heavy atom. The van der Waals surface area contributed by atoms with Crippen LogP contribution in [0.25, 0.3) is 0 Å². The Kier molecular flexibility index (Phi) is 3.83. The number of hydrogen-bond donors (Lipinski definition) is 0. The van der Waals surface area contributed by atoms with Crippen LogP contribution in [0.3, 0.4) is 0 Å². The van der Waals surface area contributed by atoms with E-state index in [1.807, 2.05) is 23.1 Å². The largest absolute Gasteiger partial charge is 0.331 e. The molecule has 0 radical (unpaired) electrons. The quantitative estimate of drug-likeness (QED) is 0.801. The van der Waals surface area contributed by atoms with Gasteiger partial charge in [0.05, 0.1) is 0 Å². The van der Waals surface area contributed by atoms with Crippen molar-refractivity contribution in [2.75, 3.05) is 0 Å². The van der Waals surface area contributed by atoms with Crippen molar-refractivity contribution in [3.63, 3.8) is 0 Å². The second-order valence-electron chi connectivity index (χ2n) is 5.02. The molecular weight excluding hydrogens is 316 g/mol. The first-order chi connectivity index (χ1) is 9.74. The van der Waals surface area contributed by atoms with Gasteiger partial charge < -0.3 is 4.90 Å². The third-order valence-electron chi connectivity index (χ3n) is 3.42. The number of hydrogen-bond acceptors (Lipinski definition) is 2. The third kappa shape index (κ3) is 3.07. The molecule has 1 aliphatic carbocycles. The molecule has 0 N–H and O–H groups in total. The summed E-state index contributed by atoms with van der Waals surface area (Å²) in [4.78, 5) is 18.7. The van der Waals surface area contributed by atoms with Gasteiger partial charge in [-0.15, -0.1) is 0 Å². The maximum Gasteiger partial charge on any atom is 0.254 e. The van der Waals surface area contributed by atoms with E-state index >= 15 is 0 Å². The third-order valence-corrected chi connectivity index (χ3v) is 3.85. The van der Waals surface area contributed by atoms with E-state index in [0.717, 1.165) is 12.8 Å². The Bertz CT molecular complexity index is 611. The molecule has 1 heterocycles. The Balaban J connectivity index is 1.82. The van der Waals surface area contributed by atoms with Crippen molar-refractivity contribution in [2.45, 2.75) is 25.4 Å². The van der Waals surface area contributed by atoms with E-state index < -0.39 is 0 Å². The van der Waals surface area contributed by atoms with Crippen LogP contribution in [0, 0.1) is 0 Å². The SMILES string of the molecule is O=C(c1ccnc(Br)c1)N(Cc1ccccc1)C1CC1. The molecule has 3 rings (SSSR count). The van der Waals surface area contributed by atoms with E-state index in [1.54, 1.807) is 18.3 Å². The number of benzene rings is 1. The lowest BCUT2D eigenvalue weighted by Gasteiger charge is -2.22. The standard InChI is InChI=1S/C16H15BrN2O/c17-15-10-13(8-9-18-15)16(20)19(14-6-7-14)11-12-4-2-1-3-5-12/h1-5,8-10,14H,6-7,11H2. The van der Waals surface area contributed by atoms with Crippen molar-refractivity contribution in [3.05, 3.63) is 64.4 Å². The number of pyridine rings is 1. The molecule has 1 aromatic heterocycles. The summed E-state index contributed by atoms with van der Waals surface area (Å²) in [7, 11) is 0. The van der Waals surface area contributed by atoms with Gasteiger partial charge in [0.1, 0.15) is 4.60 Å². The number of rotatable bonds is 4. The summed E-state index contributed by atoms with van der Waals surface area (Å²) in [6.07, 6.45) is 3.86. The first kappa shape index (κ1) is 13.3. The predicted octanol–water partition coefficient (Wildman–Crippen LogP) is 3.65. The molecule has 4 heteroatoms. The highest BCUT2D eigenvalue weighted by Crippen LogP contribution is 2.30. The second kappa shape index (κ2) is 5.75. The monoisotopic (exact) mass is 330 g/mol. The Morgan fingerprint density at radius 1 is 1.25 bits per heavy atom. The highest BCUT2D eigenvalue weighted by atomic mass is 79.9. The van der Waals surface area contributed by atoms with Crippen LogP contribution >= 0.6 is 15.9 Å². The van der Waals surface area contributed by atoms with Gasteiger partial charge in [0.25, 0.3) is 5.91 Å². The number of aromatic nitrogens is 1. The zero-order chi connectivity index (χ0) is 13.9.